The van der Waals surface area contributed by atoms with Crippen LogP contribution in [0.15, 0.2) is 65.1 Å². The Morgan fingerprint density at radius 2 is 1.79 bits per heavy atom. The van der Waals surface area contributed by atoms with Crippen LogP contribution in [-0.4, -0.2) is 46.3 Å². The number of piperazine rings is 1. The molecular formula is C31H35N7S. The van der Waals surface area contributed by atoms with E-state index < -0.39 is 0 Å². The molecule has 200 valence electrons. The fourth-order valence-corrected chi connectivity index (χ4v) is 6.93. The minimum atomic E-state index is 0.132. The lowest BCUT2D eigenvalue weighted by atomic mass is 10.0. The Morgan fingerprint density at radius 3 is 2.59 bits per heavy atom. The standard InChI is InChI=1S/C31H35N7S/c1-20-17-37(18-21(2)33-20)19-22-14-25(23-8-9-23)16-26(15-22)34-31-35-27-11-13-39-29(27)30(36-31)38-28(10-12-32-38)24-6-4-3-5-7-24/h3-7,11-16,20-21,23,28,33H,8-10,17-19H2,1-2H3,(H,34,35,36)/t20-,21+,28?. The predicted molar refractivity (Wildman–Crippen MR) is 161 cm³/mol. The van der Waals surface area contributed by atoms with Crippen molar-refractivity contribution < 1.29 is 0 Å². The summed E-state index contributed by atoms with van der Waals surface area (Å²) in [5.41, 5.74) is 6.04. The van der Waals surface area contributed by atoms with Crippen molar-refractivity contribution in [3.05, 3.63) is 76.7 Å². The van der Waals surface area contributed by atoms with Crippen LogP contribution in [0.5, 0.6) is 0 Å². The van der Waals surface area contributed by atoms with E-state index in [-0.39, 0.29) is 6.04 Å². The number of nitrogens with zero attached hydrogens (tertiary/aromatic N) is 5. The Balaban J connectivity index is 1.20. The molecule has 0 radical (unpaired) electrons. The molecule has 3 atom stereocenters. The molecule has 0 spiro atoms. The van der Waals surface area contributed by atoms with Crippen molar-refractivity contribution in [2.75, 3.05) is 23.4 Å². The fraction of sp³-hybridized carbons (Fsp3) is 0.387. The normalized spacial score (nSPS) is 23.5. The molecule has 2 aliphatic heterocycles. The monoisotopic (exact) mass is 537 g/mol. The number of hydrazone groups is 1. The largest absolute Gasteiger partial charge is 0.324 e. The molecule has 4 aromatic rings. The number of fused-ring (bicyclic) bond motifs is 1. The number of rotatable bonds is 7. The Hall–Kier alpha value is -3.33. The van der Waals surface area contributed by atoms with Crippen LogP contribution in [0.3, 0.4) is 0 Å². The first kappa shape index (κ1) is 24.7. The molecule has 2 fully saturated rings. The molecule has 0 bridgehead atoms. The van der Waals surface area contributed by atoms with E-state index >= 15 is 0 Å². The topological polar surface area (TPSA) is 68.7 Å². The first-order valence-electron chi connectivity index (χ1n) is 14.1. The van der Waals surface area contributed by atoms with Crippen LogP contribution >= 0.6 is 11.3 Å². The van der Waals surface area contributed by atoms with Crippen LogP contribution in [0.25, 0.3) is 10.2 Å². The van der Waals surface area contributed by atoms with Crippen molar-refractivity contribution in [2.45, 2.75) is 63.7 Å². The van der Waals surface area contributed by atoms with Gasteiger partial charge in [0, 0.05) is 50.0 Å². The van der Waals surface area contributed by atoms with E-state index in [1.165, 1.54) is 29.5 Å². The van der Waals surface area contributed by atoms with Crippen molar-refractivity contribution in [3.63, 3.8) is 0 Å². The average Bonchev–Trinajstić information content (AvgIpc) is 3.46. The van der Waals surface area contributed by atoms with Gasteiger partial charge in [0.2, 0.25) is 5.95 Å². The van der Waals surface area contributed by atoms with Crippen LogP contribution in [0, 0.1) is 0 Å². The van der Waals surface area contributed by atoms with Gasteiger partial charge >= 0.3 is 0 Å². The quantitative estimate of drug-likeness (QED) is 0.283. The third-order valence-corrected chi connectivity index (χ3v) is 8.78. The Labute approximate surface area is 234 Å². The maximum Gasteiger partial charge on any atom is 0.229 e. The van der Waals surface area contributed by atoms with E-state index in [0.29, 0.717) is 23.9 Å². The van der Waals surface area contributed by atoms with Crippen LogP contribution < -0.4 is 15.6 Å². The molecule has 0 amide bonds. The summed E-state index contributed by atoms with van der Waals surface area (Å²) in [7, 11) is 0. The maximum absolute atomic E-state index is 5.06. The highest BCUT2D eigenvalue weighted by Gasteiger charge is 2.29. The highest BCUT2D eigenvalue weighted by molar-refractivity contribution is 7.17. The SMILES string of the molecule is C[C@@H]1CN(Cc2cc(Nc3nc(N4N=CCC4c4ccccc4)c4sccc4n3)cc(C3CC3)c2)C[C@H](C)N1. The van der Waals surface area contributed by atoms with Crippen molar-refractivity contribution >= 4 is 45.2 Å². The average molecular weight is 538 g/mol. The predicted octanol–water partition coefficient (Wildman–Crippen LogP) is 6.43. The fourth-order valence-electron chi connectivity index (χ4n) is 6.12. The molecule has 3 aliphatic rings. The second-order valence-corrected chi connectivity index (χ2v) is 12.3. The zero-order valence-electron chi connectivity index (χ0n) is 22.5. The smallest absolute Gasteiger partial charge is 0.229 e. The molecule has 7 rings (SSSR count). The number of aromatic nitrogens is 2. The summed E-state index contributed by atoms with van der Waals surface area (Å²) in [6.07, 6.45) is 5.41. The molecular weight excluding hydrogens is 502 g/mol. The Kier molecular flexibility index (Phi) is 6.54. The number of thiophene rings is 1. The molecule has 2 N–H and O–H groups in total. The molecule has 1 aliphatic carbocycles. The van der Waals surface area contributed by atoms with E-state index in [4.69, 9.17) is 15.1 Å². The second kappa shape index (κ2) is 10.3. The van der Waals surface area contributed by atoms with Crippen LogP contribution in [0.1, 0.15) is 61.8 Å². The van der Waals surface area contributed by atoms with Gasteiger partial charge in [-0.2, -0.15) is 10.1 Å². The summed E-state index contributed by atoms with van der Waals surface area (Å²) in [6.45, 7) is 7.65. The van der Waals surface area contributed by atoms with Gasteiger partial charge in [0.25, 0.3) is 0 Å². The lowest BCUT2D eigenvalue weighted by molar-refractivity contribution is 0.166. The summed E-state index contributed by atoms with van der Waals surface area (Å²) < 4.78 is 1.06. The number of nitrogens with one attached hydrogen (secondary N) is 2. The third-order valence-electron chi connectivity index (χ3n) is 7.88. The third kappa shape index (κ3) is 5.29. The minimum absolute atomic E-state index is 0.132. The van der Waals surface area contributed by atoms with Gasteiger partial charge in [-0.3, -0.25) is 4.90 Å². The van der Waals surface area contributed by atoms with Crippen molar-refractivity contribution in [2.24, 2.45) is 5.10 Å². The molecule has 2 aromatic carbocycles. The summed E-state index contributed by atoms with van der Waals surface area (Å²) in [5.74, 6) is 2.16. The minimum Gasteiger partial charge on any atom is -0.324 e. The zero-order chi connectivity index (χ0) is 26.3. The molecule has 2 aromatic heterocycles. The summed E-state index contributed by atoms with van der Waals surface area (Å²) in [5, 5.41) is 16.2. The molecule has 39 heavy (non-hydrogen) atoms. The maximum atomic E-state index is 5.06. The number of hydrogen-bond donors (Lipinski definition) is 2. The number of benzene rings is 2. The summed E-state index contributed by atoms with van der Waals surface area (Å²) in [4.78, 5) is 12.5. The Morgan fingerprint density at radius 1 is 0.974 bits per heavy atom. The van der Waals surface area contributed by atoms with Crippen molar-refractivity contribution in [3.8, 4) is 0 Å². The van der Waals surface area contributed by atoms with E-state index in [1.54, 1.807) is 11.3 Å². The first-order valence-corrected chi connectivity index (χ1v) is 15.0. The van der Waals surface area contributed by atoms with Gasteiger partial charge < -0.3 is 10.6 Å². The van der Waals surface area contributed by atoms with Gasteiger partial charge in [-0.15, -0.1) is 11.3 Å². The molecule has 1 saturated carbocycles. The van der Waals surface area contributed by atoms with Gasteiger partial charge in [0.05, 0.1) is 16.3 Å². The molecule has 4 heterocycles. The van der Waals surface area contributed by atoms with Crippen LogP contribution in [0.4, 0.5) is 17.5 Å². The number of anilines is 3. The first-order chi connectivity index (χ1) is 19.1. The van der Waals surface area contributed by atoms with E-state index in [9.17, 15) is 0 Å². The zero-order valence-corrected chi connectivity index (χ0v) is 23.4. The lowest BCUT2D eigenvalue weighted by Crippen LogP contribution is -2.53. The summed E-state index contributed by atoms with van der Waals surface area (Å²) >= 11 is 1.67. The highest BCUT2D eigenvalue weighted by Crippen LogP contribution is 2.42. The Bertz CT molecular complexity index is 1490. The molecule has 1 saturated heterocycles. The van der Waals surface area contributed by atoms with Gasteiger partial charge in [-0.05, 0) is 72.9 Å². The number of hydrogen-bond acceptors (Lipinski definition) is 8. The van der Waals surface area contributed by atoms with E-state index in [0.717, 1.165) is 47.8 Å². The lowest BCUT2D eigenvalue weighted by Gasteiger charge is -2.36. The van der Waals surface area contributed by atoms with Gasteiger partial charge in [-0.25, -0.2) is 9.99 Å². The van der Waals surface area contributed by atoms with E-state index in [2.05, 4.69) is 94.4 Å². The summed E-state index contributed by atoms with van der Waals surface area (Å²) in [6, 6.07) is 20.8. The molecule has 1 unspecified atom stereocenters. The second-order valence-electron chi connectivity index (χ2n) is 11.3. The van der Waals surface area contributed by atoms with Crippen molar-refractivity contribution in [1.29, 1.82) is 0 Å². The van der Waals surface area contributed by atoms with Crippen LogP contribution in [0.2, 0.25) is 0 Å². The molecule has 8 heteroatoms. The van der Waals surface area contributed by atoms with E-state index in [1.807, 2.05) is 6.21 Å². The molecule has 7 nitrogen and oxygen atoms in total. The van der Waals surface area contributed by atoms with Crippen molar-refractivity contribution in [1.82, 2.24) is 20.2 Å². The van der Waals surface area contributed by atoms with Crippen LogP contribution in [-0.2, 0) is 6.54 Å². The van der Waals surface area contributed by atoms with Gasteiger partial charge in [-0.1, -0.05) is 36.4 Å². The van der Waals surface area contributed by atoms with Gasteiger partial charge in [0.15, 0.2) is 5.82 Å². The highest BCUT2D eigenvalue weighted by atomic mass is 32.1. The van der Waals surface area contributed by atoms with Gasteiger partial charge in [0.1, 0.15) is 0 Å².